The Bertz CT molecular complexity index is 1280. The van der Waals surface area contributed by atoms with Crippen LogP contribution in [0.5, 0.6) is 6.01 Å². The maximum Gasteiger partial charge on any atom is 0.304 e. The second-order valence-electron chi connectivity index (χ2n) is 7.18. The van der Waals surface area contributed by atoms with Crippen LogP contribution in [0.3, 0.4) is 0 Å². The first-order valence-electron chi connectivity index (χ1n) is 9.94. The van der Waals surface area contributed by atoms with Crippen molar-refractivity contribution in [2.45, 2.75) is 13.0 Å². The van der Waals surface area contributed by atoms with Crippen LogP contribution in [0.2, 0.25) is 0 Å². The van der Waals surface area contributed by atoms with Crippen LogP contribution in [0.15, 0.2) is 48.5 Å². The first-order valence-corrected chi connectivity index (χ1v) is 9.94. The third-order valence-corrected chi connectivity index (χ3v) is 5.24. The number of hydrogen-bond donors (Lipinski definition) is 3. The highest BCUT2D eigenvalue weighted by Crippen LogP contribution is 2.32. The summed E-state index contributed by atoms with van der Waals surface area (Å²) in [5.74, 6) is 0.567. The molecule has 1 aliphatic heterocycles. The van der Waals surface area contributed by atoms with Gasteiger partial charge < -0.3 is 21.1 Å². The maximum atomic E-state index is 11.9. The quantitative estimate of drug-likeness (QED) is 0.442. The van der Waals surface area contributed by atoms with Gasteiger partial charge in [-0.3, -0.25) is 4.79 Å². The minimum absolute atomic E-state index is 0.281. The van der Waals surface area contributed by atoms with Crippen molar-refractivity contribution in [3.8, 4) is 12.0 Å². The Morgan fingerprint density at radius 1 is 1.16 bits per heavy atom. The molecule has 4 N–H and O–H groups in total. The number of aromatic nitrogens is 4. The van der Waals surface area contributed by atoms with E-state index in [9.17, 15) is 4.79 Å². The summed E-state index contributed by atoms with van der Waals surface area (Å²) in [6.07, 6.45) is 0.784. The van der Waals surface area contributed by atoms with Crippen molar-refractivity contribution in [3.05, 3.63) is 65.4 Å². The van der Waals surface area contributed by atoms with Gasteiger partial charge in [-0.2, -0.15) is 9.97 Å². The number of nitrogens with one attached hydrogen (secondary N) is 2. The summed E-state index contributed by atoms with van der Waals surface area (Å²) in [4.78, 5) is 25.9. The zero-order valence-electron chi connectivity index (χ0n) is 16.9. The van der Waals surface area contributed by atoms with Gasteiger partial charge in [-0.1, -0.05) is 36.4 Å². The fourth-order valence-corrected chi connectivity index (χ4v) is 3.78. The van der Waals surface area contributed by atoms with Gasteiger partial charge in [0.25, 0.3) is 5.91 Å². The smallest absolute Gasteiger partial charge is 0.304 e. The second-order valence-corrected chi connectivity index (χ2v) is 7.18. The zero-order valence-corrected chi connectivity index (χ0v) is 16.9. The van der Waals surface area contributed by atoms with E-state index in [1.54, 1.807) is 16.7 Å². The number of imidazole rings is 1. The minimum Gasteiger partial charge on any atom is -0.468 e. The van der Waals surface area contributed by atoms with Crippen LogP contribution in [0.1, 0.15) is 21.6 Å². The standard InChI is InChI=1S/C22H21N7O2/c1-31-22-27-17-14(19(23)30)8-5-9-16(17)29(22)21-26-15-10-11-24-18(15)20(28-21)25-12-13-6-3-2-4-7-13/h2-9,24H,10-12H2,1H3,(H2,23,30)(H,25,26,28). The summed E-state index contributed by atoms with van der Waals surface area (Å²) in [6.45, 7) is 1.42. The maximum absolute atomic E-state index is 11.9. The van der Waals surface area contributed by atoms with Gasteiger partial charge in [0.05, 0.1) is 29.6 Å². The molecule has 0 aliphatic carbocycles. The van der Waals surface area contributed by atoms with Crippen molar-refractivity contribution in [3.63, 3.8) is 0 Å². The molecule has 0 fully saturated rings. The average molecular weight is 415 g/mol. The van der Waals surface area contributed by atoms with E-state index in [-0.39, 0.29) is 6.01 Å². The van der Waals surface area contributed by atoms with E-state index in [2.05, 4.69) is 27.8 Å². The third-order valence-electron chi connectivity index (χ3n) is 5.24. The van der Waals surface area contributed by atoms with Gasteiger partial charge in [0.15, 0.2) is 5.82 Å². The van der Waals surface area contributed by atoms with Gasteiger partial charge >= 0.3 is 6.01 Å². The number of benzene rings is 2. The lowest BCUT2D eigenvalue weighted by atomic mass is 10.2. The Labute approximate surface area is 178 Å². The van der Waals surface area contributed by atoms with Gasteiger partial charge in [0, 0.05) is 19.5 Å². The van der Waals surface area contributed by atoms with Gasteiger partial charge in [0.2, 0.25) is 5.95 Å². The number of nitrogens with zero attached hydrogens (tertiary/aromatic N) is 4. The molecule has 9 nitrogen and oxygen atoms in total. The summed E-state index contributed by atoms with van der Waals surface area (Å²) < 4.78 is 7.19. The Kier molecular flexibility index (Phi) is 4.62. The Morgan fingerprint density at radius 2 is 2.00 bits per heavy atom. The summed E-state index contributed by atoms with van der Waals surface area (Å²) >= 11 is 0. The number of anilines is 2. The average Bonchev–Trinajstić information content (AvgIpc) is 3.41. The number of ether oxygens (including phenoxy) is 1. The minimum atomic E-state index is -0.554. The van der Waals surface area contributed by atoms with Gasteiger partial charge in [-0.05, 0) is 17.7 Å². The molecule has 2 aromatic carbocycles. The molecule has 3 heterocycles. The lowest BCUT2D eigenvalue weighted by molar-refractivity contribution is 0.100. The molecule has 0 saturated heterocycles. The molecule has 5 rings (SSSR count). The number of carbonyl (C=O) groups is 1. The molecule has 1 amide bonds. The largest absolute Gasteiger partial charge is 0.468 e. The van der Waals surface area contributed by atoms with E-state index in [1.165, 1.54) is 7.11 Å². The summed E-state index contributed by atoms with van der Waals surface area (Å²) in [5.41, 5.74) is 9.91. The predicted octanol–water partition coefficient (Wildman–Crippen LogP) is 2.50. The fourth-order valence-electron chi connectivity index (χ4n) is 3.78. The molecule has 0 bridgehead atoms. The predicted molar refractivity (Wildman–Crippen MR) is 118 cm³/mol. The molecule has 0 unspecified atom stereocenters. The monoisotopic (exact) mass is 415 g/mol. The molecular formula is C22H21N7O2. The number of carbonyl (C=O) groups excluding carboxylic acids is 1. The van der Waals surface area contributed by atoms with Crippen molar-refractivity contribution in [2.75, 3.05) is 24.3 Å². The molecule has 0 atom stereocenters. The molecule has 31 heavy (non-hydrogen) atoms. The van der Waals surface area contributed by atoms with Crippen LogP contribution < -0.4 is 21.1 Å². The number of hydrogen-bond acceptors (Lipinski definition) is 7. The molecule has 0 saturated carbocycles. The first kappa shape index (κ1) is 18.9. The normalized spacial score (nSPS) is 12.4. The van der Waals surface area contributed by atoms with Gasteiger partial charge in [-0.25, -0.2) is 9.55 Å². The van der Waals surface area contributed by atoms with Gasteiger partial charge in [0.1, 0.15) is 5.52 Å². The number of methoxy groups -OCH3 is 1. The highest BCUT2D eigenvalue weighted by Gasteiger charge is 2.24. The van der Waals surface area contributed by atoms with Gasteiger partial charge in [-0.15, -0.1) is 0 Å². The molecule has 0 spiro atoms. The van der Waals surface area contributed by atoms with E-state index in [0.717, 1.165) is 29.9 Å². The Balaban J connectivity index is 1.63. The van der Waals surface area contributed by atoms with Crippen LogP contribution in [0.25, 0.3) is 17.0 Å². The molecule has 1 aliphatic rings. The van der Waals surface area contributed by atoms with Crippen LogP contribution >= 0.6 is 0 Å². The van der Waals surface area contributed by atoms with E-state index in [4.69, 9.17) is 20.4 Å². The first-order chi connectivity index (χ1) is 15.2. The highest BCUT2D eigenvalue weighted by molar-refractivity contribution is 6.04. The van der Waals surface area contributed by atoms with Crippen molar-refractivity contribution < 1.29 is 9.53 Å². The van der Waals surface area contributed by atoms with Crippen molar-refractivity contribution >= 4 is 28.4 Å². The number of primary amides is 1. The Hall–Kier alpha value is -4.14. The van der Waals surface area contributed by atoms with E-state index in [1.807, 2.05) is 24.3 Å². The lowest BCUT2D eigenvalue weighted by Gasteiger charge is -2.14. The second kappa shape index (κ2) is 7.60. The topological polar surface area (TPSA) is 120 Å². The lowest BCUT2D eigenvalue weighted by Crippen LogP contribution is -2.12. The van der Waals surface area contributed by atoms with Crippen LogP contribution in [0.4, 0.5) is 11.5 Å². The highest BCUT2D eigenvalue weighted by atomic mass is 16.5. The zero-order chi connectivity index (χ0) is 21.4. The van der Waals surface area contributed by atoms with Crippen molar-refractivity contribution in [1.82, 2.24) is 19.5 Å². The van der Waals surface area contributed by atoms with E-state index in [0.29, 0.717) is 34.9 Å². The number of nitrogens with two attached hydrogens (primary N) is 1. The summed E-state index contributed by atoms with van der Waals surface area (Å²) in [6, 6.07) is 15.6. The van der Waals surface area contributed by atoms with Crippen LogP contribution in [0, 0.1) is 0 Å². The summed E-state index contributed by atoms with van der Waals surface area (Å²) in [5, 5.41) is 6.78. The van der Waals surface area contributed by atoms with Crippen molar-refractivity contribution in [2.24, 2.45) is 5.73 Å². The molecule has 2 aromatic heterocycles. The molecule has 156 valence electrons. The van der Waals surface area contributed by atoms with Crippen LogP contribution in [-0.4, -0.2) is 39.1 Å². The fraction of sp³-hybridized carbons (Fsp3) is 0.182. The SMILES string of the molecule is COc1nc2c(C(N)=O)cccc2n1-c1nc2c(c(NCc3ccccc3)n1)NCC2. The molecule has 0 radical (unpaired) electrons. The molecule has 9 heteroatoms. The van der Waals surface area contributed by atoms with Crippen LogP contribution in [-0.2, 0) is 13.0 Å². The Morgan fingerprint density at radius 3 is 2.77 bits per heavy atom. The van der Waals surface area contributed by atoms with E-state index >= 15 is 0 Å². The number of para-hydroxylation sites is 1. The van der Waals surface area contributed by atoms with E-state index < -0.39 is 5.91 Å². The number of fused-ring (bicyclic) bond motifs is 2. The summed E-state index contributed by atoms with van der Waals surface area (Å²) in [7, 11) is 1.52. The third kappa shape index (κ3) is 3.29. The number of amides is 1. The molecule has 4 aromatic rings. The van der Waals surface area contributed by atoms with Crippen molar-refractivity contribution in [1.29, 1.82) is 0 Å². The molecular weight excluding hydrogens is 394 g/mol. The number of rotatable bonds is 6.